The zero-order valence-corrected chi connectivity index (χ0v) is 17.6. The molecule has 3 aromatic rings. The van der Waals surface area contributed by atoms with E-state index in [4.69, 9.17) is 11.6 Å². The average molecular weight is 410 g/mol. The van der Waals surface area contributed by atoms with E-state index in [1.54, 1.807) is 0 Å². The van der Waals surface area contributed by atoms with E-state index in [1.165, 1.54) is 24.0 Å². The van der Waals surface area contributed by atoms with Crippen LogP contribution < -0.4 is 0 Å². The topological polar surface area (TPSA) is 48.1 Å². The van der Waals surface area contributed by atoms with Gasteiger partial charge in [-0.1, -0.05) is 30.7 Å². The Morgan fingerprint density at radius 1 is 1.17 bits per heavy atom. The maximum Gasteiger partial charge on any atom is 0.0695 e. The minimum absolute atomic E-state index is 0.577. The molecule has 0 bridgehead atoms. The summed E-state index contributed by atoms with van der Waals surface area (Å²) in [4.78, 5) is 9.30. The Balaban J connectivity index is 1.43. The average Bonchev–Trinajstić information content (AvgIpc) is 3.21. The third kappa shape index (κ3) is 5.04. The number of halogens is 1. The van der Waals surface area contributed by atoms with Gasteiger partial charge in [0.15, 0.2) is 0 Å². The number of H-pyrrole nitrogens is 1. The zero-order valence-electron chi connectivity index (χ0n) is 16.9. The molecular weight excluding hydrogens is 382 g/mol. The number of likely N-dealkylation sites (tertiary alicyclic amines) is 1. The van der Waals surface area contributed by atoms with E-state index in [0.29, 0.717) is 6.04 Å². The molecule has 1 aromatic carbocycles. The van der Waals surface area contributed by atoms with E-state index >= 15 is 0 Å². The molecule has 3 heterocycles. The largest absolute Gasteiger partial charge is 0.297 e. The molecule has 0 saturated carbocycles. The first-order chi connectivity index (χ1) is 14.2. The molecule has 0 spiro atoms. The molecule has 1 N–H and O–H groups in total. The standard InChI is InChI=1S/C23H28ClN5/c1-2-29(15-18-9-11-25-12-10-18)22-4-3-13-28(17-22)16-20-14-26-27-23(20)19-5-7-21(24)8-6-19/h5-12,14,22H,2-4,13,15-17H2,1H3,(H,26,27). The van der Waals surface area contributed by atoms with Crippen molar-refractivity contribution in [2.75, 3.05) is 19.6 Å². The molecule has 0 aliphatic carbocycles. The molecule has 1 aliphatic heterocycles. The van der Waals surface area contributed by atoms with E-state index in [1.807, 2.05) is 42.9 Å². The molecular formula is C23H28ClN5. The highest BCUT2D eigenvalue weighted by Gasteiger charge is 2.25. The van der Waals surface area contributed by atoms with Gasteiger partial charge in [0.2, 0.25) is 0 Å². The van der Waals surface area contributed by atoms with Crippen LogP contribution in [0, 0.1) is 0 Å². The summed E-state index contributed by atoms with van der Waals surface area (Å²) < 4.78 is 0. The molecule has 4 rings (SSSR count). The quantitative estimate of drug-likeness (QED) is 0.619. The monoisotopic (exact) mass is 409 g/mol. The Morgan fingerprint density at radius 2 is 1.97 bits per heavy atom. The molecule has 2 aromatic heterocycles. The number of piperidine rings is 1. The number of hydrogen-bond acceptors (Lipinski definition) is 4. The van der Waals surface area contributed by atoms with Gasteiger partial charge in [-0.25, -0.2) is 0 Å². The predicted octanol–water partition coefficient (Wildman–Crippen LogP) is 4.61. The van der Waals surface area contributed by atoms with Crippen LogP contribution in [0.2, 0.25) is 5.02 Å². The van der Waals surface area contributed by atoms with Crippen LogP contribution in [0.15, 0.2) is 55.0 Å². The zero-order chi connectivity index (χ0) is 20.1. The van der Waals surface area contributed by atoms with Crippen molar-refractivity contribution in [2.45, 2.75) is 38.9 Å². The summed E-state index contributed by atoms with van der Waals surface area (Å²) in [6, 6.07) is 12.8. The lowest BCUT2D eigenvalue weighted by atomic mass is 10.0. The molecule has 5 nitrogen and oxygen atoms in total. The lowest BCUT2D eigenvalue weighted by Gasteiger charge is -2.39. The van der Waals surface area contributed by atoms with E-state index in [9.17, 15) is 0 Å². The molecule has 0 radical (unpaired) electrons. The number of nitrogens with one attached hydrogen (secondary N) is 1. The molecule has 1 fully saturated rings. The smallest absolute Gasteiger partial charge is 0.0695 e. The molecule has 1 saturated heterocycles. The summed E-state index contributed by atoms with van der Waals surface area (Å²) in [5.74, 6) is 0. The summed E-state index contributed by atoms with van der Waals surface area (Å²) in [5, 5.41) is 8.24. The number of benzene rings is 1. The first-order valence-electron chi connectivity index (χ1n) is 10.4. The minimum atomic E-state index is 0.577. The van der Waals surface area contributed by atoms with Crippen LogP contribution in [0.5, 0.6) is 0 Å². The molecule has 1 unspecified atom stereocenters. The molecule has 6 heteroatoms. The van der Waals surface area contributed by atoms with Gasteiger partial charge in [-0.05, 0) is 61.3 Å². The Labute approximate surface area is 177 Å². The van der Waals surface area contributed by atoms with Crippen molar-refractivity contribution < 1.29 is 0 Å². The Bertz CT molecular complexity index is 893. The highest BCUT2D eigenvalue weighted by atomic mass is 35.5. The van der Waals surface area contributed by atoms with Crippen molar-refractivity contribution in [2.24, 2.45) is 0 Å². The molecule has 152 valence electrons. The highest BCUT2D eigenvalue weighted by Crippen LogP contribution is 2.26. The SMILES string of the molecule is CCN(Cc1ccncc1)C1CCCN(Cc2cn[nH]c2-c2ccc(Cl)cc2)C1. The fourth-order valence-corrected chi connectivity index (χ4v) is 4.36. The van der Waals surface area contributed by atoms with Gasteiger partial charge in [0.25, 0.3) is 0 Å². The minimum Gasteiger partial charge on any atom is -0.297 e. The van der Waals surface area contributed by atoms with Crippen molar-refractivity contribution >= 4 is 11.6 Å². The molecule has 1 atom stereocenters. The number of aromatic nitrogens is 3. The van der Waals surface area contributed by atoms with Gasteiger partial charge in [0, 0.05) is 48.7 Å². The number of hydrogen-bond donors (Lipinski definition) is 1. The van der Waals surface area contributed by atoms with E-state index in [0.717, 1.165) is 49.0 Å². The van der Waals surface area contributed by atoms with Gasteiger partial charge in [0.05, 0.1) is 11.9 Å². The van der Waals surface area contributed by atoms with Crippen LogP contribution in [0.1, 0.15) is 30.9 Å². The van der Waals surface area contributed by atoms with Gasteiger partial charge in [-0.15, -0.1) is 0 Å². The molecule has 1 aliphatic rings. The Hall–Kier alpha value is -2.21. The highest BCUT2D eigenvalue weighted by molar-refractivity contribution is 6.30. The summed E-state index contributed by atoms with van der Waals surface area (Å²) in [6.07, 6.45) is 8.21. The van der Waals surface area contributed by atoms with Crippen LogP contribution >= 0.6 is 11.6 Å². The fraction of sp³-hybridized carbons (Fsp3) is 0.391. The number of aromatic amines is 1. The predicted molar refractivity (Wildman–Crippen MR) is 118 cm³/mol. The summed E-state index contributed by atoms with van der Waals surface area (Å²) >= 11 is 6.04. The van der Waals surface area contributed by atoms with Gasteiger partial charge in [-0.2, -0.15) is 5.10 Å². The van der Waals surface area contributed by atoms with Crippen LogP contribution in [-0.2, 0) is 13.1 Å². The van der Waals surface area contributed by atoms with E-state index in [-0.39, 0.29) is 0 Å². The van der Waals surface area contributed by atoms with Crippen molar-refractivity contribution in [1.29, 1.82) is 0 Å². The number of nitrogens with zero attached hydrogens (tertiary/aromatic N) is 4. The van der Waals surface area contributed by atoms with Gasteiger partial charge in [-0.3, -0.25) is 19.9 Å². The Morgan fingerprint density at radius 3 is 2.72 bits per heavy atom. The molecule has 0 amide bonds. The van der Waals surface area contributed by atoms with Crippen LogP contribution in [0.4, 0.5) is 0 Å². The van der Waals surface area contributed by atoms with Gasteiger partial charge < -0.3 is 0 Å². The third-order valence-corrected chi connectivity index (χ3v) is 6.03. The summed E-state index contributed by atoms with van der Waals surface area (Å²) in [7, 11) is 0. The lowest BCUT2D eigenvalue weighted by molar-refractivity contribution is 0.0918. The van der Waals surface area contributed by atoms with E-state index in [2.05, 4.69) is 44.0 Å². The second-order valence-electron chi connectivity index (χ2n) is 7.73. The van der Waals surface area contributed by atoms with Crippen molar-refractivity contribution in [3.63, 3.8) is 0 Å². The van der Waals surface area contributed by atoms with Crippen molar-refractivity contribution in [1.82, 2.24) is 25.0 Å². The fourth-order valence-electron chi connectivity index (χ4n) is 4.23. The number of pyridine rings is 1. The number of rotatable bonds is 7. The van der Waals surface area contributed by atoms with Gasteiger partial charge >= 0.3 is 0 Å². The normalized spacial score (nSPS) is 17.7. The maximum absolute atomic E-state index is 6.04. The van der Waals surface area contributed by atoms with Gasteiger partial charge in [0.1, 0.15) is 0 Å². The Kier molecular flexibility index (Phi) is 6.60. The molecule has 29 heavy (non-hydrogen) atoms. The van der Waals surface area contributed by atoms with Crippen LogP contribution in [0.25, 0.3) is 11.3 Å². The third-order valence-electron chi connectivity index (χ3n) is 5.78. The van der Waals surface area contributed by atoms with Crippen LogP contribution in [0.3, 0.4) is 0 Å². The second-order valence-corrected chi connectivity index (χ2v) is 8.16. The van der Waals surface area contributed by atoms with Crippen LogP contribution in [-0.4, -0.2) is 50.7 Å². The summed E-state index contributed by atoms with van der Waals surface area (Å²) in [5.41, 5.74) is 4.79. The van der Waals surface area contributed by atoms with Crippen molar-refractivity contribution in [3.8, 4) is 11.3 Å². The maximum atomic E-state index is 6.04. The first-order valence-corrected chi connectivity index (χ1v) is 10.7. The second kappa shape index (κ2) is 9.53. The first kappa shape index (κ1) is 20.1. The number of likely N-dealkylation sites (N-methyl/N-ethyl adjacent to an activating group) is 1. The summed E-state index contributed by atoms with van der Waals surface area (Å²) in [6.45, 7) is 7.44. The van der Waals surface area contributed by atoms with E-state index < -0.39 is 0 Å². The lowest BCUT2D eigenvalue weighted by Crippen LogP contribution is -2.47. The van der Waals surface area contributed by atoms with Crippen molar-refractivity contribution in [3.05, 3.63) is 71.1 Å².